The lowest BCUT2D eigenvalue weighted by Crippen LogP contribution is -2.14. The van der Waals surface area contributed by atoms with E-state index in [0.29, 0.717) is 40.3 Å². The predicted molar refractivity (Wildman–Crippen MR) is 81.4 cm³/mol. The number of aromatic nitrogens is 6. The summed E-state index contributed by atoms with van der Waals surface area (Å²) in [5, 5.41) is 3.70. The van der Waals surface area contributed by atoms with Crippen molar-refractivity contribution < 1.29 is 0 Å². The van der Waals surface area contributed by atoms with E-state index in [2.05, 4.69) is 35.2 Å². The third kappa shape index (κ3) is 2.06. The SMILES string of the molecule is O=c1[nH]c(CNc2ncnc3nc[nH]c23)nc2ccccc12. The maximum absolute atomic E-state index is 12.0. The average Bonchev–Trinajstić information content (AvgIpc) is 3.02. The molecule has 1 aromatic carbocycles. The van der Waals surface area contributed by atoms with Crippen LogP contribution in [-0.4, -0.2) is 29.9 Å². The maximum Gasteiger partial charge on any atom is 0.258 e. The van der Waals surface area contributed by atoms with Crippen LogP contribution in [0.2, 0.25) is 0 Å². The molecule has 3 aromatic heterocycles. The van der Waals surface area contributed by atoms with Crippen LogP contribution in [0, 0.1) is 0 Å². The molecule has 8 heteroatoms. The molecule has 0 radical (unpaired) electrons. The van der Waals surface area contributed by atoms with Gasteiger partial charge in [-0.25, -0.2) is 19.9 Å². The van der Waals surface area contributed by atoms with Gasteiger partial charge in [0.1, 0.15) is 17.7 Å². The molecule has 3 N–H and O–H groups in total. The van der Waals surface area contributed by atoms with E-state index in [-0.39, 0.29) is 5.56 Å². The quantitative estimate of drug-likeness (QED) is 0.523. The third-order valence-corrected chi connectivity index (χ3v) is 3.31. The Morgan fingerprint density at radius 2 is 2.05 bits per heavy atom. The first-order chi connectivity index (χ1) is 10.8. The van der Waals surface area contributed by atoms with Gasteiger partial charge in [-0.1, -0.05) is 12.1 Å². The molecular formula is C14H11N7O. The molecule has 0 aliphatic heterocycles. The number of nitrogens with one attached hydrogen (secondary N) is 3. The molecule has 108 valence electrons. The Hall–Kier alpha value is -3.29. The second kappa shape index (κ2) is 4.92. The highest BCUT2D eigenvalue weighted by molar-refractivity contribution is 5.82. The number of rotatable bonds is 3. The molecule has 22 heavy (non-hydrogen) atoms. The Kier molecular flexibility index (Phi) is 2.78. The molecule has 0 aliphatic carbocycles. The largest absolute Gasteiger partial charge is 0.361 e. The highest BCUT2D eigenvalue weighted by Crippen LogP contribution is 2.15. The molecule has 0 spiro atoms. The number of hydrogen-bond donors (Lipinski definition) is 3. The number of H-pyrrole nitrogens is 2. The van der Waals surface area contributed by atoms with Crippen molar-refractivity contribution in [1.82, 2.24) is 29.9 Å². The van der Waals surface area contributed by atoms with Crippen LogP contribution in [0.1, 0.15) is 5.82 Å². The van der Waals surface area contributed by atoms with Gasteiger partial charge < -0.3 is 15.3 Å². The maximum atomic E-state index is 12.0. The van der Waals surface area contributed by atoms with Gasteiger partial charge in [0.25, 0.3) is 5.56 Å². The van der Waals surface area contributed by atoms with Gasteiger partial charge in [-0.2, -0.15) is 0 Å². The van der Waals surface area contributed by atoms with E-state index in [0.717, 1.165) is 0 Å². The summed E-state index contributed by atoms with van der Waals surface area (Å²) in [6.07, 6.45) is 2.99. The smallest absolute Gasteiger partial charge is 0.258 e. The number of benzene rings is 1. The van der Waals surface area contributed by atoms with E-state index in [1.54, 1.807) is 12.4 Å². The van der Waals surface area contributed by atoms with Crippen LogP contribution < -0.4 is 10.9 Å². The van der Waals surface area contributed by atoms with Crippen molar-refractivity contribution in [2.24, 2.45) is 0 Å². The van der Waals surface area contributed by atoms with Crippen molar-refractivity contribution in [2.75, 3.05) is 5.32 Å². The molecule has 8 nitrogen and oxygen atoms in total. The predicted octanol–water partition coefficient (Wildman–Crippen LogP) is 1.20. The summed E-state index contributed by atoms with van der Waals surface area (Å²) in [5.74, 6) is 1.15. The third-order valence-electron chi connectivity index (χ3n) is 3.31. The Morgan fingerprint density at radius 3 is 3.00 bits per heavy atom. The van der Waals surface area contributed by atoms with E-state index < -0.39 is 0 Å². The molecule has 0 saturated heterocycles. The molecular weight excluding hydrogens is 282 g/mol. The van der Waals surface area contributed by atoms with Crippen molar-refractivity contribution in [2.45, 2.75) is 6.54 Å². The molecule has 0 amide bonds. The van der Waals surface area contributed by atoms with Crippen molar-refractivity contribution in [1.29, 1.82) is 0 Å². The lowest BCUT2D eigenvalue weighted by molar-refractivity contribution is 0.945. The van der Waals surface area contributed by atoms with Crippen LogP contribution in [0.25, 0.3) is 22.1 Å². The van der Waals surface area contributed by atoms with Crippen LogP contribution in [-0.2, 0) is 6.54 Å². The molecule has 0 saturated carbocycles. The van der Waals surface area contributed by atoms with Gasteiger partial charge in [0.2, 0.25) is 0 Å². The standard InChI is InChI=1S/C14H11N7O/c22-14-8-3-1-2-4-9(8)20-10(21-14)5-15-12-11-13(17-6-16-11)19-7-18-12/h1-4,6-7H,5H2,(H,20,21,22)(H2,15,16,17,18,19). The zero-order chi connectivity index (χ0) is 14.9. The van der Waals surface area contributed by atoms with Crippen LogP contribution in [0.4, 0.5) is 5.82 Å². The van der Waals surface area contributed by atoms with E-state index in [1.807, 2.05) is 18.2 Å². The molecule has 0 unspecified atom stereocenters. The Labute approximate surface area is 123 Å². The minimum absolute atomic E-state index is 0.156. The summed E-state index contributed by atoms with van der Waals surface area (Å²) < 4.78 is 0. The van der Waals surface area contributed by atoms with Crippen LogP contribution >= 0.6 is 0 Å². The Balaban J connectivity index is 1.67. The highest BCUT2D eigenvalue weighted by Gasteiger charge is 2.07. The summed E-state index contributed by atoms with van der Waals surface area (Å²) >= 11 is 0. The number of hydrogen-bond acceptors (Lipinski definition) is 6. The van der Waals surface area contributed by atoms with Gasteiger partial charge in [-0.3, -0.25) is 4.79 Å². The normalized spacial score (nSPS) is 11.1. The van der Waals surface area contributed by atoms with E-state index in [1.165, 1.54) is 6.33 Å². The summed E-state index contributed by atoms with van der Waals surface area (Å²) in [6.45, 7) is 0.338. The van der Waals surface area contributed by atoms with Crippen molar-refractivity contribution in [3.8, 4) is 0 Å². The average molecular weight is 293 g/mol. The van der Waals surface area contributed by atoms with Crippen LogP contribution in [0.15, 0.2) is 41.7 Å². The molecule has 3 heterocycles. The van der Waals surface area contributed by atoms with E-state index in [4.69, 9.17) is 0 Å². The Bertz CT molecular complexity index is 1020. The highest BCUT2D eigenvalue weighted by atomic mass is 16.1. The summed E-state index contributed by atoms with van der Waals surface area (Å²) in [4.78, 5) is 34.5. The number of fused-ring (bicyclic) bond motifs is 2. The van der Waals surface area contributed by atoms with Gasteiger partial charge in [0.15, 0.2) is 11.5 Å². The fraction of sp³-hybridized carbons (Fsp3) is 0.0714. The van der Waals surface area contributed by atoms with Gasteiger partial charge in [-0.05, 0) is 12.1 Å². The fourth-order valence-electron chi connectivity index (χ4n) is 2.29. The molecule has 0 bridgehead atoms. The Morgan fingerprint density at radius 1 is 1.14 bits per heavy atom. The minimum Gasteiger partial charge on any atom is -0.361 e. The molecule has 0 atom stereocenters. The van der Waals surface area contributed by atoms with Gasteiger partial charge in [0.05, 0.1) is 23.8 Å². The number of imidazole rings is 1. The van der Waals surface area contributed by atoms with Crippen molar-refractivity contribution in [3.63, 3.8) is 0 Å². The van der Waals surface area contributed by atoms with Gasteiger partial charge in [0, 0.05) is 0 Å². The van der Waals surface area contributed by atoms with E-state index >= 15 is 0 Å². The summed E-state index contributed by atoms with van der Waals surface area (Å²) in [6, 6.07) is 7.22. The molecule has 4 aromatic rings. The van der Waals surface area contributed by atoms with Gasteiger partial charge in [-0.15, -0.1) is 0 Å². The van der Waals surface area contributed by atoms with E-state index in [9.17, 15) is 4.79 Å². The van der Waals surface area contributed by atoms with Crippen LogP contribution in [0.3, 0.4) is 0 Å². The molecule has 0 fully saturated rings. The van der Waals surface area contributed by atoms with Crippen molar-refractivity contribution in [3.05, 3.63) is 53.1 Å². The summed E-state index contributed by atoms with van der Waals surface area (Å²) in [5.41, 5.74) is 1.80. The van der Waals surface area contributed by atoms with Crippen molar-refractivity contribution >= 4 is 27.9 Å². The summed E-state index contributed by atoms with van der Waals surface area (Å²) in [7, 11) is 0. The monoisotopic (exact) mass is 293 g/mol. The zero-order valence-corrected chi connectivity index (χ0v) is 11.4. The minimum atomic E-state index is -0.156. The zero-order valence-electron chi connectivity index (χ0n) is 11.4. The topological polar surface area (TPSA) is 112 Å². The number of nitrogens with zero attached hydrogens (tertiary/aromatic N) is 4. The second-order valence-electron chi connectivity index (χ2n) is 4.71. The number of para-hydroxylation sites is 1. The van der Waals surface area contributed by atoms with Gasteiger partial charge >= 0.3 is 0 Å². The number of anilines is 1. The number of aromatic amines is 2. The fourth-order valence-corrected chi connectivity index (χ4v) is 2.29. The first-order valence-corrected chi connectivity index (χ1v) is 6.67. The second-order valence-corrected chi connectivity index (χ2v) is 4.71. The van der Waals surface area contributed by atoms with Crippen LogP contribution in [0.5, 0.6) is 0 Å². The molecule has 4 rings (SSSR count). The first-order valence-electron chi connectivity index (χ1n) is 6.67. The first kappa shape index (κ1) is 12.5. The lowest BCUT2D eigenvalue weighted by Gasteiger charge is -2.06. The molecule has 0 aliphatic rings. The lowest BCUT2D eigenvalue weighted by atomic mass is 10.2.